The minimum absolute atomic E-state index is 0.0166. The Hall–Kier alpha value is -1.06. The summed E-state index contributed by atoms with van der Waals surface area (Å²) in [4.78, 5) is 11.8. The second-order valence-corrected chi connectivity index (χ2v) is 6.27. The topological polar surface area (TPSA) is 49.3 Å². The van der Waals surface area contributed by atoms with Crippen LogP contribution in [0.15, 0.2) is 24.3 Å². The number of hydrogen-bond acceptors (Lipinski definition) is 2. The van der Waals surface area contributed by atoms with Crippen molar-refractivity contribution < 1.29 is 9.90 Å². The van der Waals surface area contributed by atoms with Gasteiger partial charge in [0.2, 0.25) is 5.91 Å². The van der Waals surface area contributed by atoms with Crippen LogP contribution in [0.5, 0.6) is 0 Å². The minimum atomic E-state index is 0.0166. The van der Waals surface area contributed by atoms with Gasteiger partial charge < -0.3 is 10.4 Å². The fraction of sp³-hybridized carbons (Fsp3) is 0.562. The molecule has 0 spiro atoms. The van der Waals surface area contributed by atoms with Crippen LogP contribution < -0.4 is 5.32 Å². The van der Waals surface area contributed by atoms with E-state index in [9.17, 15) is 4.79 Å². The number of aliphatic hydroxyl groups is 1. The van der Waals surface area contributed by atoms with Crippen molar-refractivity contribution in [2.75, 3.05) is 13.2 Å². The van der Waals surface area contributed by atoms with Crippen LogP contribution in [0.25, 0.3) is 0 Å². The summed E-state index contributed by atoms with van der Waals surface area (Å²) in [7, 11) is 0. The average Bonchev–Trinajstić information content (AvgIpc) is 2.42. The number of nitrogens with one attached hydrogen (secondary N) is 1. The van der Waals surface area contributed by atoms with Gasteiger partial charge in [-0.2, -0.15) is 0 Å². The van der Waals surface area contributed by atoms with Crippen molar-refractivity contribution in [1.82, 2.24) is 5.32 Å². The second kappa shape index (κ2) is 8.28. The van der Waals surface area contributed by atoms with E-state index in [0.717, 1.165) is 18.4 Å². The summed E-state index contributed by atoms with van der Waals surface area (Å²) in [6.07, 6.45) is 2.76. The highest BCUT2D eigenvalue weighted by molar-refractivity contribution is 6.31. The highest BCUT2D eigenvalue weighted by atomic mass is 35.5. The first-order valence-corrected chi connectivity index (χ1v) is 7.43. The molecule has 2 N–H and O–H groups in total. The number of aliphatic hydroxyl groups excluding tert-OH is 1. The summed E-state index contributed by atoms with van der Waals surface area (Å²) >= 11 is 6.06. The van der Waals surface area contributed by atoms with Crippen LogP contribution in [0, 0.1) is 5.41 Å². The first-order valence-electron chi connectivity index (χ1n) is 7.05. The molecular formula is C16H24ClNO2. The number of amides is 1. The van der Waals surface area contributed by atoms with Gasteiger partial charge in [-0.15, -0.1) is 0 Å². The Morgan fingerprint density at radius 3 is 2.70 bits per heavy atom. The number of hydrogen-bond donors (Lipinski definition) is 2. The van der Waals surface area contributed by atoms with Crippen LogP contribution in [-0.4, -0.2) is 24.2 Å². The predicted molar refractivity (Wildman–Crippen MR) is 82.9 cm³/mol. The van der Waals surface area contributed by atoms with Gasteiger partial charge in [-0.1, -0.05) is 43.6 Å². The third-order valence-corrected chi connectivity index (χ3v) is 3.72. The zero-order valence-corrected chi connectivity index (χ0v) is 13.0. The molecule has 0 aromatic heterocycles. The Balaban J connectivity index is 2.32. The van der Waals surface area contributed by atoms with Gasteiger partial charge in [-0.25, -0.2) is 0 Å². The van der Waals surface area contributed by atoms with Crippen LogP contribution in [0.2, 0.25) is 5.02 Å². The summed E-state index contributed by atoms with van der Waals surface area (Å²) in [6, 6.07) is 7.60. The fourth-order valence-corrected chi connectivity index (χ4v) is 2.25. The quantitative estimate of drug-likeness (QED) is 0.774. The molecule has 0 saturated carbocycles. The molecule has 4 heteroatoms. The SMILES string of the molecule is CC(C)(CCCO)CNC(=O)CCc1ccccc1Cl. The van der Waals surface area contributed by atoms with E-state index in [4.69, 9.17) is 16.7 Å². The molecule has 1 aromatic carbocycles. The number of rotatable bonds is 8. The smallest absolute Gasteiger partial charge is 0.220 e. The van der Waals surface area contributed by atoms with Crippen molar-refractivity contribution in [2.45, 2.75) is 39.5 Å². The maximum atomic E-state index is 11.8. The molecule has 0 fully saturated rings. The molecule has 1 aromatic rings. The number of benzene rings is 1. The zero-order chi connectivity index (χ0) is 15.0. The fourth-order valence-electron chi connectivity index (χ4n) is 2.02. The third-order valence-electron chi connectivity index (χ3n) is 3.36. The van der Waals surface area contributed by atoms with E-state index in [1.165, 1.54) is 0 Å². The number of carbonyl (C=O) groups excluding carboxylic acids is 1. The van der Waals surface area contributed by atoms with Crippen LogP contribution in [-0.2, 0) is 11.2 Å². The molecule has 0 atom stereocenters. The van der Waals surface area contributed by atoms with Crippen molar-refractivity contribution in [1.29, 1.82) is 0 Å². The largest absolute Gasteiger partial charge is 0.396 e. The van der Waals surface area contributed by atoms with E-state index in [-0.39, 0.29) is 17.9 Å². The summed E-state index contributed by atoms with van der Waals surface area (Å²) < 4.78 is 0. The van der Waals surface area contributed by atoms with E-state index in [1.54, 1.807) is 0 Å². The highest BCUT2D eigenvalue weighted by Gasteiger charge is 2.18. The Morgan fingerprint density at radius 1 is 1.35 bits per heavy atom. The third kappa shape index (κ3) is 6.40. The molecule has 112 valence electrons. The lowest BCUT2D eigenvalue weighted by Crippen LogP contribution is -2.34. The molecule has 0 unspecified atom stereocenters. The minimum Gasteiger partial charge on any atom is -0.396 e. The highest BCUT2D eigenvalue weighted by Crippen LogP contribution is 2.21. The summed E-state index contributed by atoms with van der Waals surface area (Å²) in [5.41, 5.74) is 1.02. The normalized spacial score (nSPS) is 11.4. The number of halogens is 1. The maximum Gasteiger partial charge on any atom is 0.220 e. The molecular weight excluding hydrogens is 274 g/mol. The predicted octanol–water partition coefficient (Wildman–Crippen LogP) is 3.19. The molecule has 0 radical (unpaired) electrons. The molecule has 0 aliphatic carbocycles. The Bertz CT molecular complexity index is 432. The van der Waals surface area contributed by atoms with Gasteiger partial charge in [0, 0.05) is 24.6 Å². The molecule has 1 rings (SSSR count). The van der Waals surface area contributed by atoms with Crippen molar-refractivity contribution >= 4 is 17.5 Å². The van der Waals surface area contributed by atoms with Gasteiger partial charge in [0.15, 0.2) is 0 Å². The second-order valence-electron chi connectivity index (χ2n) is 5.86. The van der Waals surface area contributed by atoms with E-state index < -0.39 is 0 Å². The van der Waals surface area contributed by atoms with Crippen molar-refractivity contribution in [2.24, 2.45) is 5.41 Å². The van der Waals surface area contributed by atoms with Gasteiger partial charge in [-0.05, 0) is 36.3 Å². The van der Waals surface area contributed by atoms with Crippen molar-refractivity contribution in [3.8, 4) is 0 Å². The summed E-state index contributed by atoms with van der Waals surface area (Å²) in [6.45, 7) is 5.02. The molecule has 0 bridgehead atoms. The molecule has 0 heterocycles. The molecule has 0 saturated heterocycles. The van der Waals surface area contributed by atoms with E-state index in [1.807, 2.05) is 24.3 Å². The van der Waals surface area contributed by atoms with E-state index in [0.29, 0.717) is 24.4 Å². The lowest BCUT2D eigenvalue weighted by atomic mass is 9.88. The lowest BCUT2D eigenvalue weighted by molar-refractivity contribution is -0.121. The van der Waals surface area contributed by atoms with Gasteiger partial charge >= 0.3 is 0 Å². The Kier molecular flexibility index (Phi) is 7.03. The van der Waals surface area contributed by atoms with Crippen molar-refractivity contribution in [3.63, 3.8) is 0 Å². The molecule has 20 heavy (non-hydrogen) atoms. The summed E-state index contributed by atoms with van der Waals surface area (Å²) in [5.74, 6) is 0.0435. The van der Waals surface area contributed by atoms with E-state index in [2.05, 4.69) is 19.2 Å². The number of aryl methyl sites for hydroxylation is 1. The van der Waals surface area contributed by atoms with Crippen LogP contribution in [0.4, 0.5) is 0 Å². The molecule has 0 aliphatic rings. The first kappa shape index (κ1) is 17.0. The van der Waals surface area contributed by atoms with Crippen LogP contribution in [0.3, 0.4) is 0 Å². The molecule has 3 nitrogen and oxygen atoms in total. The zero-order valence-electron chi connectivity index (χ0n) is 12.3. The van der Waals surface area contributed by atoms with Gasteiger partial charge in [0.1, 0.15) is 0 Å². The van der Waals surface area contributed by atoms with Crippen molar-refractivity contribution in [3.05, 3.63) is 34.9 Å². The first-order chi connectivity index (χ1) is 9.44. The Morgan fingerprint density at radius 2 is 2.05 bits per heavy atom. The molecule has 1 amide bonds. The Labute approximate surface area is 126 Å². The monoisotopic (exact) mass is 297 g/mol. The lowest BCUT2D eigenvalue weighted by Gasteiger charge is -2.24. The van der Waals surface area contributed by atoms with Gasteiger partial charge in [0.25, 0.3) is 0 Å². The molecule has 0 aliphatic heterocycles. The van der Waals surface area contributed by atoms with Crippen LogP contribution in [0.1, 0.15) is 38.7 Å². The van der Waals surface area contributed by atoms with Gasteiger partial charge in [0.05, 0.1) is 0 Å². The number of carbonyl (C=O) groups is 1. The average molecular weight is 298 g/mol. The van der Waals surface area contributed by atoms with Crippen LogP contribution >= 0.6 is 11.6 Å². The van der Waals surface area contributed by atoms with Gasteiger partial charge in [-0.3, -0.25) is 4.79 Å². The summed E-state index contributed by atoms with van der Waals surface area (Å²) in [5, 5.41) is 12.5. The standard InChI is InChI=1S/C16H24ClNO2/c1-16(2,10-5-11-19)12-18-15(20)9-8-13-6-3-4-7-14(13)17/h3-4,6-7,19H,5,8-12H2,1-2H3,(H,18,20). The maximum absolute atomic E-state index is 11.8. The van der Waals surface area contributed by atoms with E-state index >= 15 is 0 Å².